The molecule has 1 heterocycles. The van der Waals surface area contributed by atoms with Crippen LogP contribution in [-0.2, 0) is 0 Å². The van der Waals surface area contributed by atoms with Crippen molar-refractivity contribution in [1.82, 2.24) is 9.78 Å². The zero-order valence-corrected chi connectivity index (χ0v) is 12.0. The van der Waals surface area contributed by atoms with Gasteiger partial charge in [0.2, 0.25) is 0 Å². The number of nitrogens with zero attached hydrogens (tertiary/aromatic N) is 2. The highest BCUT2D eigenvalue weighted by atomic mass is 19.1. The fraction of sp³-hybridized carbons (Fsp3) is 0.333. The lowest BCUT2D eigenvalue weighted by Crippen LogP contribution is -2.24. The third-order valence-corrected chi connectivity index (χ3v) is 3.11. The summed E-state index contributed by atoms with van der Waals surface area (Å²) in [5, 5.41) is 5.39. The summed E-state index contributed by atoms with van der Waals surface area (Å²) in [6.07, 6.45) is 2.07. The third kappa shape index (κ3) is 3.28. The van der Waals surface area contributed by atoms with Crippen molar-refractivity contribution in [1.29, 1.82) is 0 Å². The lowest BCUT2D eigenvalue weighted by molar-refractivity contribution is 0.348. The molecular formula is C15H18FN3O2. The van der Waals surface area contributed by atoms with Gasteiger partial charge in [-0.25, -0.2) is 9.07 Å². The summed E-state index contributed by atoms with van der Waals surface area (Å²) in [7, 11) is 0. The van der Waals surface area contributed by atoms with Gasteiger partial charge >= 0.3 is 0 Å². The summed E-state index contributed by atoms with van der Waals surface area (Å²) in [5.41, 5.74) is 5.59. The van der Waals surface area contributed by atoms with Crippen molar-refractivity contribution in [2.45, 2.75) is 19.9 Å². The van der Waals surface area contributed by atoms with Crippen LogP contribution in [0.2, 0.25) is 0 Å². The van der Waals surface area contributed by atoms with Gasteiger partial charge in [-0.1, -0.05) is 0 Å². The van der Waals surface area contributed by atoms with E-state index in [1.54, 1.807) is 24.4 Å². The number of rotatable bonds is 5. The predicted molar refractivity (Wildman–Crippen MR) is 80.1 cm³/mol. The minimum atomic E-state index is -0.139. The van der Waals surface area contributed by atoms with Crippen molar-refractivity contribution in [3.63, 3.8) is 0 Å². The minimum Gasteiger partial charge on any atom is -0.489 e. The maximum absolute atomic E-state index is 12.4. The highest BCUT2D eigenvalue weighted by Gasteiger charge is 2.08. The maximum Gasteiger partial charge on any atom is 0.274 e. The SMILES string of the molecule is CC(C)n1ncc2cc(OCC(=CF)CN)ccc2c1=O. The van der Waals surface area contributed by atoms with Gasteiger partial charge in [-0.15, -0.1) is 0 Å². The summed E-state index contributed by atoms with van der Waals surface area (Å²) >= 11 is 0. The van der Waals surface area contributed by atoms with E-state index < -0.39 is 0 Å². The molecule has 0 saturated heterocycles. The number of benzene rings is 1. The molecule has 0 aliphatic rings. The average Bonchev–Trinajstić information content (AvgIpc) is 2.48. The summed E-state index contributed by atoms with van der Waals surface area (Å²) < 4.78 is 19.3. The Morgan fingerprint density at radius 2 is 2.29 bits per heavy atom. The van der Waals surface area contributed by atoms with E-state index in [0.29, 0.717) is 28.4 Å². The highest BCUT2D eigenvalue weighted by Crippen LogP contribution is 2.18. The Morgan fingerprint density at radius 3 is 2.90 bits per heavy atom. The second-order valence-electron chi connectivity index (χ2n) is 5.00. The van der Waals surface area contributed by atoms with E-state index in [0.717, 1.165) is 0 Å². The number of aromatic nitrogens is 2. The Labute approximate surface area is 121 Å². The molecule has 2 rings (SSSR count). The van der Waals surface area contributed by atoms with E-state index in [4.69, 9.17) is 10.5 Å². The fourth-order valence-electron chi connectivity index (χ4n) is 1.91. The molecule has 2 aromatic rings. The molecule has 0 aliphatic heterocycles. The van der Waals surface area contributed by atoms with Gasteiger partial charge in [-0.05, 0) is 32.0 Å². The number of nitrogens with two attached hydrogens (primary N) is 1. The Balaban J connectivity index is 2.31. The first-order valence-corrected chi connectivity index (χ1v) is 6.69. The largest absolute Gasteiger partial charge is 0.489 e. The second kappa shape index (κ2) is 6.49. The smallest absolute Gasteiger partial charge is 0.274 e. The van der Waals surface area contributed by atoms with Gasteiger partial charge in [0.15, 0.2) is 0 Å². The van der Waals surface area contributed by atoms with Crippen molar-refractivity contribution >= 4 is 10.8 Å². The lowest BCUT2D eigenvalue weighted by Gasteiger charge is -2.11. The Bertz CT molecular complexity index is 722. The molecule has 5 nitrogen and oxygen atoms in total. The molecule has 1 aromatic heterocycles. The van der Waals surface area contributed by atoms with Gasteiger partial charge in [0.05, 0.1) is 24.0 Å². The van der Waals surface area contributed by atoms with Crippen LogP contribution >= 0.6 is 0 Å². The summed E-state index contributed by atoms with van der Waals surface area (Å²) in [5.74, 6) is 0.541. The normalized spacial score (nSPS) is 12.1. The second-order valence-corrected chi connectivity index (χ2v) is 5.00. The molecule has 21 heavy (non-hydrogen) atoms. The first kappa shape index (κ1) is 15.2. The van der Waals surface area contributed by atoms with Crippen LogP contribution in [-0.4, -0.2) is 22.9 Å². The number of halogens is 1. The van der Waals surface area contributed by atoms with E-state index >= 15 is 0 Å². The van der Waals surface area contributed by atoms with E-state index in [2.05, 4.69) is 5.10 Å². The average molecular weight is 291 g/mol. The Hall–Kier alpha value is -2.21. The van der Waals surface area contributed by atoms with Crippen molar-refractivity contribution in [3.8, 4) is 5.75 Å². The topological polar surface area (TPSA) is 70.1 Å². The van der Waals surface area contributed by atoms with Crippen LogP contribution in [0.1, 0.15) is 19.9 Å². The molecule has 0 fully saturated rings. The molecular weight excluding hydrogens is 273 g/mol. The molecule has 0 bridgehead atoms. The first-order valence-electron chi connectivity index (χ1n) is 6.69. The monoisotopic (exact) mass is 291 g/mol. The molecule has 0 atom stereocenters. The molecule has 0 amide bonds. The molecule has 0 spiro atoms. The first-order chi connectivity index (χ1) is 10.1. The van der Waals surface area contributed by atoms with E-state index in [1.807, 2.05) is 13.8 Å². The molecule has 0 aliphatic carbocycles. The Morgan fingerprint density at radius 1 is 1.52 bits per heavy atom. The van der Waals surface area contributed by atoms with Gasteiger partial charge in [-0.2, -0.15) is 5.10 Å². The molecule has 6 heteroatoms. The van der Waals surface area contributed by atoms with E-state index in [1.165, 1.54) is 4.68 Å². The van der Waals surface area contributed by atoms with Gasteiger partial charge in [0.25, 0.3) is 5.56 Å². The van der Waals surface area contributed by atoms with Crippen LogP contribution in [0.25, 0.3) is 10.8 Å². The number of hydrogen-bond donors (Lipinski definition) is 1. The third-order valence-electron chi connectivity index (χ3n) is 3.11. The highest BCUT2D eigenvalue weighted by molar-refractivity contribution is 5.82. The van der Waals surface area contributed by atoms with Crippen molar-refractivity contribution < 1.29 is 9.13 Å². The number of ether oxygens (including phenoxy) is 1. The standard InChI is InChI=1S/C15H18FN3O2/c1-10(2)19-15(20)14-4-3-13(5-12(14)8-18-19)21-9-11(6-16)7-17/h3-6,8,10H,7,9,17H2,1-2H3. The molecule has 2 N–H and O–H groups in total. The maximum atomic E-state index is 12.4. The zero-order chi connectivity index (χ0) is 15.4. The molecule has 1 aromatic carbocycles. The van der Waals surface area contributed by atoms with Gasteiger partial charge < -0.3 is 10.5 Å². The van der Waals surface area contributed by atoms with Crippen molar-refractivity contribution in [2.24, 2.45) is 5.73 Å². The fourth-order valence-corrected chi connectivity index (χ4v) is 1.91. The summed E-state index contributed by atoms with van der Waals surface area (Å²) in [6, 6.07) is 5.08. The minimum absolute atomic E-state index is 0.000342. The van der Waals surface area contributed by atoms with Crippen LogP contribution in [0, 0.1) is 0 Å². The van der Waals surface area contributed by atoms with Crippen LogP contribution in [0.5, 0.6) is 5.75 Å². The van der Waals surface area contributed by atoms with Crippen molar-refractivity contribution in [3.05, 3.63) is 46.7 Å². The van der Waals surface area contributed by atoms with E-state index in [-0.39, 0.29) is 24.8 Å². The molecule has 0 radical (unpaired) electrons. The van der Waals surface area contributed by atoms with Gasteiger partial charge in [-0.3, -0.25) is 4.79 Å². The lowest BCUT2D eigenvalue weighted by atomic mass is 10.2. The number of hydrogen-bond acceptors (Lipinski definition) is 4. The van der Waals surface area contributed by atoms with Crippen LogP contribution < -0.4 is 16.0 Å². The van der Waals surface area contributed by atoms with Crippen LogP contribution in [0.15, 0.2) is 41.1 Å². The predicted octanol–water partition coefficient (Wildman–Crippen LogP) is 2.17. The zero-order valence-electron chi connectivity index (χ0n) is 12.0. The van der Waals surface area contributed by atoms with Crippen LogP contribution in [0.4, 0.5) is 4.39 Å². The van der Waals surface area contributed by atoms with Gasteiger partial charge in [0.1, 0.15) is 12.4 Å². The number of fused-ring (bicyclic) bond motifs is 1. The Kier molecular flexibility index (Phi) is 4.70. The van der Waals surface area contributed by atoms with Crippen molar-refractivity contribution in [2.75, 3.05) is 13.2 Å². The quantitative estimate of drug-likeness (QED) is 0.916. The summed E-state index contributed by atoms with van der Waals surface area (Å²) in [6.45, 7) is 3.98. The van der Waals surface area contributed by atoms with Gasteiger partial charge in [0, 0.05) is 17.5 Å². The van der Waals surface area contributed by atoms with E-state index in [9.17, 15) is 9.18 Å². The molecule has 0 unspecified atom stereocenters. The summed E-state index contributed by atoms with van der Waals surface area (Å²) in [4.78, 5) is 12.2. The van der Waals surface area contributed by atoms with Crippen LogP contribution in [0.3, 0.4) is 0 Å². The molecule has 112 valence electrons. The molecule has 0 saturated carbocycles.